The average molecular weight is 657 g/mol. The molecule has 0 amide bonds. The summed E-state index contributed by atoms with van der Waals surface area (Å²) < 4.78 is 40.3. The first-order valence-electron chi connectivity index (χ1n) is 16.3. The molecular formula is C39H48O7Si. The smallest absolute Gasteiger partial charge is 0.229 e. The van der Waals surface area contributed by atoms with Gasteiger partial charge >= 0.3 is 0 Å². The molecule has 0 aliphatic carbocycles. The van der Waals surface area contributed by atoms with E-state index < -0.39 is 39.0 Å². The van der Waals surface area contributed by atoms with E-state index in [0.717, 1.165) is 16.7 Å². The Morgan fingerprint density at radius 3 is 1.53 bits per heavy atom. The highest BCUT2D eigenvalue weighted by atomic mass is 28.4. The van der Waals surface area contributed by atoms with Crippen LogP contribution in [0.2, 0.25) is 18.1 Å². The molecule has 1 aliphatic rings. The van der Waals surface area contributed by atoms with Crippen LogP contribution in [0, 0.1) is 0 Å². The number of aromatic hydroxyl groups is 1. The van der Waals surface area contributed by atoms with Gasteiger partial charge in [-0.25, -0.2) is 0 Å². The Labute approximate surface area is 280 Å². The van der Waals surface area contributed by atoms with Gasteiger partial charge in [0.1, 0.15) is 35.9 Å². The molecule has 0 spiro atoms. The molecule has 8 heteroatoms. The summed E-state index contributed by atoms with van der Waals surface area (Å²) in [5.74, 6) is 0.688. The summed E-state index contributed by atoms with van der Waals surface area (Å²) in [6.45, 7) is 12.5. The number of benzene rings is 4. The van der Waals surface area contributed by atoms with Crippen molar-refractivity contribution in [3.05, 3.63) is 132 Å². The normalized spacial score (nSPS) is 21.8. The first-order valence-corrected chi connectivity index (χ1v) is 19.2. The number of rotatable bonds is 14. The van der Waals surface area contributed by atoms with Crippen LogP contribution >= 0.6 is 0 Å². The van der Waals surface area contributed by atoms with Crippen molar-refractivity contribution in [1.29, 1.82) is 0 Å². The van der Waals surface area contributed by atoms with Gasteiger partial charge in [-0.05, 0) is 59.1 Å². The minimum atomic E-state index is -2.15. The highest BCUT2D eigenvalue weighted by Gasteiger charge is 2.50. The first kappa shape index (κ1) is 34.8. The fourth-order valence-corrected chi connectivity index (χ4v) is 6.15. The molecule has 0 bridgehead atoms. The Balaban J connectivity index is 1.51. The standard InChI is InChI=1S/C39H48O7Si/c1-39(2,3)47(4,5)44-28-34-35(41-25-29-15-9-6-10-16-29)36(42-26-30-17-11-7-12-18-30)37(43-27-31-19-13-8-14-20-31)38(46-34)45-33-23-21-32(40)22-24-33/h6-24,34-38,40H,25-28H2,1-5H3/t34-,35-,36+,37-,38-/m1/s1. The third-order valence-corrected chi connectivity index (χ3v) is 13.5. The Bertz CT molecular complexity index is 1480. The zero-order chi connectivity index (χ0) is 33.3. The molecule has 0 radical (unpaired) electrons. The number of ether oxygens (including phenoxy) is 5. The third kappa shape index (κ3) is 9.76. The molecule has 0 saturated carbocycles. The fraction of sp³-hybridized carbons (Fsp3) is 0.385. The van der Waals surface area contributed by atoms with Crippen molar-refractivity contribution in [3.8, 4) is 11.5 Å². The molecule has 250 valence electrons. The highest BCUT2D eigenvalue weighted by molar-refractivity contribution is 6.74. The van der Waals surface area contributed by atoms with Crippen molar-refractivity contribution in [2.24, 2.45) is 0 Å². The number of phenols is 1. The molecule has 1 aliphatic heterocycles. The van der Waals surface area contributed by atoms with Crippen molar-refractivity contribution >= 4 is 8.32 Å². The van der Waals surface area contributed by atoms with Gasteiger partial charge in [0.25, 0.3) is 0 Å². The van der Waals surface area contributed by atoms with Crippen LogP contribution in [-0.2, 0) is 43.2 Å². The number of hydrogen-bond acceptors (Lipinski definition) is 7. The lowest BCUT2D eigenvalue weighted by Crippen LogP contribution is -2.63. The van der Waals surface area contributed by atoms with E-state index in [4.69, 9.17) is 28.1 Å². The lowest BCUT2D eigenvalue weighted by Gasteiger charge is -2.47. The van der Waals surface area contributed by atoms with Gasteiger partial charge in [-0.3, -0.25) is 0 Å². The van der Waals surface area contributed by atoms with Crippen molar-refractivity contribution in [2.75, 3.05) is 6.61 Å². The molecule has 0 unspecified atom stereocenters. The van der Waals surface area contributed by atoms with Gasteiger partial charge in [0.2, 0.25) is 6.29 Å². The molecule has 1 fully saturated rings. The van der Waals surface area contributed by atoms with E-state index in [1.165, 1.54) is 0 Å². The van der Waals surface area contributed by atoms with Crippen LogP contribution in [0.3, 0.4) is 0 Å². The molecule has 1 heterocycles. The van der Waals surface area contributed by atoms with E-state index in [-0.39, 0.29) is 10.8 Å². The van der Waals surface area contributed by atoms with Crippen LogP contribution in [0.5, 0.6) is 11.5 Å². The number of phenolic OH excluding ortho intramolecular Hbond substituents is 1. The summed E-state index contributed by atoms with van der Waals surface area (Å²) in [5.41, 5.74) is 3.10. The largest absolute Gasteiger partial charge is 0.508 e. The quantitative estimate of drug-likeness (QED) is 0.137. The molecule has 7 nitrogen and oxygen atoms in total. The van der Waals surface area contributed by atoms with Crippen LogP contribution in [0.15, 0.2) is 115 Å². The molecule has 5 atom stereocenters. The molecule has 1 N–H and O–H groups in total. The van der Waals surface area contributed by atoms with E-state index in [9.17, 15) is 5.11 Å². The SMILES string of the molecule is CC(C)(C)[Si](C)(C)OC[C@H]1O[C@@H](Oc2ccc(O)cc2)[C@H](OCc2ccccc2)[C@@H](OCc2ccccc2)[C@@H]1OCc1ccccc1. The summed E-state index contributed by atoms with van der Waals surface area (Å²) in [7, 11) is -2.15. The van der Waals surface area contributed by atoms with Crippen LogP contribution in [0.1, 0.15) is 37.5 Å². The Morgan fingerprint density at radius 2 is 1.06 bits per heavy atom. The third-order valence-electron chi connectivity index (χ3n) is 8.95. The Hall–Kier alpha value is -3.50. The summed E-state index contributed by atoms with van der Waals surface area (Å²) >= 11 is 0. The summed E-state index contributed by atoms with van der Waals surface area (Å²) in [4.78, 5) is 0. The highest BCUT2D eigenvalue weighted by Crippen LogP contribution is 2.38. The zero-order valence-electron chi connectivity index (χ0n) is 28.1. The van der Waals surface area contributed by atoms with Gasteiger partial charge in [-0.2, -0.15) is 0 Å². The summed E-state index contributed by atoms with van der Waals surface area (Å²) in [6.07, 6.45) is -3.16. The van der Waals surface area contributed by atoms with Gasteiger partial charge in [-0.15, -0.1) is 0 Å². The molecule has 5 rings (SSSR count). The van der Waals surface area contributed by atoms with E-state index in [2.05, 4.69) is 33.9 Å². The van der Waals surface area contributed by atoms with Crippen molar-refractivity contribution < 1.29 is 33.2 Å². The Kier molecular flexibility index (Phi) is 11.9. The zero-order valence-corrected chi connectivity index (χ0v) is 29.1. The second kappa shape index (κ2) is 16.1. The monoisotopic (exact) mass is 656 g/mol. The van der Waals surface area contributed by atoms with E-state index in [1.807, 2.05) is 91.0 Å². The molecular weight excluding hydrogens is 609 g/mol. The average Bonchev–Trinajstić information content (AvgIpc) is 3.07. The predicted molar refractivity (Wildman–Crippen MR) is 186 cm³/mol. The van der Waals surface area contributed by atoms with Crippen molar-refractivity contribution in [3.63, 3.8) is 0 Å². The van der Waals surface area contributed by atoms with Crippen LogP contribution in [0.25, 0.3) is 0 Å². The van der Waals surface area contributed by atoms with Gasteiger partial charge < -0.3 is 33.2 Å². The first-order chi connectivity index (χ1) is 22.6. The molecule has 47 heavy (non-hydrogen) atoms. The number of hydrogen-bond donors (Lipinski definition) is 1. The second-order valence-electron chi connectivity index (χ2n) is 13.5. The van der Waals surface area contributed by atoms with E-state index >= 15 is 0 Å². The van der Waals surface area contributed by atoms with E-state index in [1.54, 1.807) is 24.3 Å². The molecule has 4 aromatic rings. The van der Waals surface area contributed by atoms with Crippen LogP contribution < -0.4 is 4.74 Å². The van der Waals surface area contributed by atoms with Crippen molar-refractivity contribution in [2.45, 2.75) is 89.4 Å². The minimum Gasteiger partial charge on any atom is -0.508 e. The van der Waals surface area contributed by atoms with Gasteiger partial charge in [-0.1, -0.05) is 112 Å². The molecule has 1 saturated heterocycles. The van der Waals surface area contributed by atoms with Crippen molar-refractivity contribution in [1.82, 2.24) is 0 Å². The minimum absolute atomic E-state index is 0.00847. The van der Waals surface area contributed by atoms with Crippen LogP contribution in [0.4, 0.5) is 0 Å². The molecule has 4 aromatic carbocycles. The maximum absolute atomic E-state index is 9.93. The maximum Gasteiger partial charge on any atom is 0.229 e. The van der Waals surface area contributed by atoms with E-state index in [0.29, 0.717) is 32.2 Å². The van der Waals surface area contributed by atoms with Gasteiger partial charge in [0.05, 0.1) is 26.4 Å². The molecule has 0 aromatic heterocycles. The fourth-order valence-electron chi connectivity index (χ4n) is 5.14. The predicted octanol–water partition coefficient (Wildman–Crippen LogP) is 8.27. The summed E-state index contributed by atoms with van der Waals surface area (Å²) in [6, 6.07) is 36.8. The summed E-state index contributed by atoms with van der Waals surface area (Å²) in [5, 5.41) is 9.93. The van der Waals surface area contributed by atoms with Gasteiger partial charge in [0, 0.05) is 0 Å². The maximum atomic E-state index is 9.93. The lowest BCUT2D eigenvalue weighted by molar-refractivity contribution is -0.307. The lowest BCUT2D eigenvalue weighted by atomic mass is 9.97. The van der Waals surface area contributed by atoms with Crippen LogP contribution in [-0.4, -0.2) is 50.7 Å². The van der Waals surface area contributed by atoms with Gasteiger partial charge in [0.15, 0.2) is 8.32 Å². The second-order valence-corrected chi connectivity index (χ2v) is 18.3. The topological polar surface area (TPSA) is 75.6 Å². The Morgan fingerprint density at radius 1 is 0.617 bits per heavy atom.